The van der Waals surface area contributed by atoms with Gasteiger partial charge < -0.3 is 24.9 Å². The summed E-state index contributed by atoms with van der Waals surface area (Å²) < 4.78 is 10.9. The summed E-state index contributed by atoms with van der Waals surface area (Å²) in [7, 11) is 0. The molecular weight excluding hydrogens is 246 g/mol. The normalized spacial score (nSPS) is 34.0. The van der Waals surface area contributed by atoms with Crippen LogP contribution in [0.3, 0.4) is 0 Å². The van der Waals surface area contributed by atoms with Crippen LogP contribution in [0, 0.1) is 10.1 Å². The molecule has 0 aromatic carbocycles. The van der Waals surface area contributed by atoms with E-state index in [2.05, 4.69) is 15.5 Å². The fourth-order valence-electron chi connectivity index (χ4n) is 2.23. The zero-order valence-corrected chi connectivity index (χ0v) is 9.61. The summed E-state index contributed by atoms with van der Waals surface area (Å²) in [5.41, 5.74) is 0. The molecule has 2 aliphatic rings. The first-order valence-corrected chi connectivity index (χ1v) is 5.67. The molecule has 0 saturated carbocycles. The number of carbonyl (C=O) groups is 1. The van der Waals surface area contributed by atoms with E-state index < -0.39 is 17.3 Å². The highest BCUT2D eigenvalue weighted by atomic mass is 17.0. The van der Waals surface area contributed by atoms with Crippen molar-refractivity contribution in [2.45, 2.75) is 24.4 Å². The van der Waals surface area contributed by atoms with Crippen LogP contribution >= 0.6 is 0 Å². The number of fused-ring (bicyclic) bond motifs is 1. The second-order valence-corrected chi connectivity index (χ2v) is 4.10. The molecule has 0 aromatic heterocycles. The fraction of sp³-hybridized carbons (Fsp3) is 0.889. The third-order valence-electron chi connectivity index (χ3n) is 2.99. The van der Waals surface area contributed by atoms with Gasteiger partial charge in [-0.25, -0.2) is 0 Å². The van der Waals surface area contributed by atoms with E-state index in [9.17, 15) is 14.9 Å². The Bertz CT molecular complexity index is 315. The smallest absolute Gasteiger partial charge is 0.294 e. The van der Waals surface area contributed by atoms with Crippen LogP contribution in [0.15, 0.2) is 0 Å². The predicted octanol–water partition coefficient (Wildman–Crippen LogP) is -1.93. The van der Waals surface area contributed by atoms with Gasteiger partial charge >= 0.3 is 0 Å². The number of nitrogens with one attached hydrogen (secondary N) is 2. The van der Waals surface area contributed by atoms with Gasteiger partial charge in [0.1, 0.15) is 12.2 Å². The molecular formula is C9H15N3O6. The lowest BCUT2D eigenvalue weighted by Crippen LogP contribution is -2.43. The Labute approximate surface area is 103 Å². The average molecular weight is 261 g/mol. The minimum atomic E-state index is -0.825. The largest absolute Gasteiger partial charge is 0.371 e. The molecule has 0 aromatic rings. The molecule has 0 spiro atoms. The second kappa shape index (κ2) is 5.94. The van der Waals surface area contributed by atoms with Crippen LogP contribution < -0.4 is 10.6 Å². The number of carbonyl (C=O) groups excluding carboxylic acids is 1. The Morgan fingerprint density at radius 3 is 2.83 bits per heavy atom. The third-order valence-corrected chi connectivity index (χ3v) is 2.99. The van der Waals surface area contributed by atoms with Gasteiger partial charge in [0.15, 0.2) is 6.10 Å². The van der Waals surface area contributed by atoms with Gasteiger partial charge in [0.05, 0.1) is 19.3 Å². The van der Waals surface area contributed by atoms with Crippen molar-refractivity contribution < 1.29 is 24.2 Å². The number of ether oxygens (including phenoxy) is 2. The number of amides is 1. The first kappa shape index (κ1) is 13.0. The van der Waals surface area contributed by atoms with Crippen molar-refractivity contribution in [1.82, 2.24) is 10.6 Å². The molecule has 1 amide bonds. The maximum Gasteiger partial charge on any atom is 0.294 e. The van der Waals surface area contributed by atoms with Crippen molar-refractivity contribution >= 4 is 6.41 Å². The molecule has 0 bridgehead atoms. The van der Waals surface area contributed by atoms with Crippen LogP contribution in [0.1, 0.15) is 0 Å². The van der Waals surface area contributed by atoms with Crippen molar-refractivity contribution in [3.63, 3.8) is 0 Å². The highest BCUT2D eigenvalue weighted by molar-refractivity contribution is 5.45. The Kier molecular flexibility index (Phi) is 4.28. The second-order valence-electron chi connectivity index (χ2n) is 4.10. The van der Waals surface area contributed by atoms with Crippen molar-refractivity contribution in [3.05, 3.63) is 10.1 Å². The maximum absolute atomic E-state index is 10.3. The SMILES string of the molecule is O=CNCCN[C@@H]1CO[C@H]2[C@@H]1OC[C@@H]2O[N+](=O)[O-]. The lowest BCUT2D eigenvalue weighted by atomic mass is 10.1. The van der Waals surface area contributed by atoms with Crippen molar-refractivity contribution in [2.24, 2.45) is 0 Å². The number of hydrogen-bond donors (Lipinski definition) is 2. The molecule has 2 rings (SSSR count). The van der Waals surface area contributed by atoms with Crippen molar-refractivity contribution in [1.29, 1.82) is 0 Å². The quantitative estimate of drug-likeness (QED) is 0.237. The van der Waals surface area contributed by atoms with Crippen LogP contribution in [0.2, 0.25) is 0 Å². The lowest BCUT2D eigenvalue weighted by molar-refractivity contribution is -0.769. The summed E-state index contributed by atoms with van der Waals surface area (Å²) in [6, 6.07) is -0.0381. The lowest BCUT2D eigenvalue weighted by Gasteiger charge is -2.17. The minimum Gasteiger partial charge on any atom is -0.371 e. The van der Waals surface area contributed by atoms with Crippen LogP contribution in [0.25, 0.3) is 0 Å². The maximum atomic E-state index is 10.3. The molecule has 0 unspecified atom stereocenters. The highest BCUT2D eigenvalue weighted by Gasteiger charge is 2.49. The summed E-state index contributed by atoms with van der Waals surface area (Å²) in [4.78, 5) is 24.8. The Hall–Kier alpha value is -1.45. The van der Waals surface area contributed by atoms with Crippen molar-refractivity contribution in [2.75, 3.05) is 26.3 Å². The van der Waals surface area contributed by atoms with E-state index in [1.54, 1.807) is 0 Å². The molecule has 9 heteroatoms. The summed E-state index contributed by atoms with van der Waals surface area (Å²) >= 11 is 0. The molecule has 2 heterocycles. The molecule has 0 radical (unpaired) electrons. The van der Waals surface area contributed by atoms with Gasteiger partial charge in [0.2, 0.25) is 6.41 Å². The molecule has 9 nitrogen and oxygen atoms in total. The zero-order valence-electron chi connectivity index (χ0n) is 9.61. The fourth-order valence-corrected chi connectivity index (χ4v) is 2.23. The molecule has 2 fully saturated rings. The molecule has 2 N–H and O–H groups in total. The number of rotatable bonds is 7. The van der Waals surface area contributed by atoms with Crippen LogP contribution in [-0.2, 0) is 19.1 Å². The van der Waals surface area contributed by atoms with E-state index >= 15 is 0 Å². The van der Waals surface area contributed by atoms with Gasteiger partial charge in [-0.1, -0.05) is 0 Å². The Morgan fingerprint density at radius 2 is 2.11 bits per heavy atom. The Morgan fingerprint density at radius 1 is 1.33 bits per heavy atom. The Balaban J connectivity index is 1.77. The third kappa shape index (κ3) is 2.86. The summed E-state index contributed by atoms with van der Waals surface area (Å²) in [5, 5.41) is 15.2. The minimum absolute atomic E-state index is 0.0381. The molecule has 4 atom stereocenters. The van der Waals surface area contributed by atoms with Crippen LogP contribution in [-0.4, -0.2) is 62.2 Å². The summed E-state index contributed by atoms with van der Waals surface area (Å²) in [5.74, 6) is 0. The first-order valence-electron chi connectivity index (χ1n) is 5.67. The molecule has 18 heavy (non-hydrogen) atoms. The van der Waals surface area contributed by atoms with Gasteiger partial charge in [-0.3, -0.25) is 4.79 Å². The number of nitrogens with zero attached hydrogens (tertiary/aromatic N) is 1. The van der Waals surface area contributed by atoms with Gasteiger partial charge in [0.25, 0.3) is 5.09 Å². The molecule has 2 saturated heterocycles. The highest BCUT2D eigenvalue weighted by Crippen LogP contribution is 2.28. The van der Waals surface area contributed by atoms with Gasteiger partial charge in [0, 0.05) is 13.1 Å². The van der Waals surface area contributed by atoms with E-state index in [-0.39, 0.29) is 18.8 Å². The van der Waals surface area contributed by atoms with Gasteiger partial charge in [-0.15, -0.1) is 10.1 Å². The van der Waals surface area contributed by atoms with E-state index in [0.717, 1.165) is 0 Å². The van der Waals surface area contributed by atoms with E-state index in [1.165, 1.54) is 0 Å². The van der Waals surface area contributed by atoms with E-state index in [4.69, 9.17) is 9.47 Å². The van der Waals surface area contributed by atoms with Gasteiger partial charge in [-0.2, -0.15) is 0 Å². The predicted molar refractivity (Wildman–Crippen MR) is 57.2 cm³/mol. The van der Waals surface area contributed by atoms with Crippen LogP contribution in [0.5, 0.6) is 0 Å². The van der Waals surface area contributed by atoms with Gasteiger partial charge in [-0.05, 0) is 0 Å². The monoisotopic (exact) mass is 261 g/mol. The van der Waals surface area contributed by atoms with E-state index in [1.807, 2.05) is 0 Å². The first-order chi connectivity index (χ1) is 8.72. The molecule has 0 aliphatic carbocycles. The van der Waals surface area contributed by atoms with E-state index in [0.29, 0.717) is 26.1 Å². The summed E-state index contributed by atoms with van der Waals surface area (Å²) in [6.45, 7) is 1.65. The van der Waals surface area contributed by atoms with Crippen LogP contribution in [0.4, 0.5) is 0 Å². The number of hydrogen-bond acceptors (Lipinski definition) is 7. The summed E-state index contributed by atoms with van der Waals surface area (Å²) in [6.07, 6.45) is -0.689. The standard InChI is InChI=1S/C9H15N3O6/c13-5-10-1-2-11-6-3-16-9-7(18-12(14)15)4-17-8(6)9/h5-9,11H,1-4H2,(H,10,13)/t6-,7+,8-,9-/m1/s1. The topological polar surface area (TPSA) is 112 Å². The molecule has 102 valence electrons. The zero-order chi connectivity index (χ0) is 13.0. The molecule has 2 aliphatic heterocycles. The average Bonchev–Trinajstić information content (AvgIpc) is 2.88. The van der Waals surface area contributed by atoms with Crippen molar-refractivity contribution in [3.8, 4) is 0 Å².